The Morgan fingerprint density at radius 3 is 2.48 bits per heavy atom. The van der Waals surface area contributed by atoms with Crippen molar-refractivity contribution in [1.82, 2.24) is 10.2 Å². The molecule has 0 radical (unpaired) electrons. The lowest BCUT2D eigenvalue weighted by atomic mass is 10.1. The smallest absolute Gasteiger partial charge is 0.241 e. The summed E-state index contributed by atoms with van der Waals surface area (Å²) < 4.78 is 11.5. The number of amides is 1. The Labute approximate surface area is 132 Å². The van der Waals surface area contributed by atoms with Crippen LogP contribution >= 0.6 is 11.6 Å². The van der Waals surface area contributed by atoms with E-state index in [1.807, 2.05) is 36.1 Å². The van der Waals surface area contributed by atoms with Crippen LogP contribution in [0, 0.1) is 0 Å². The van der Waals surface area contributed by atoms with Crippen molar-refractivity contribution in [3.63, 3.8) is 0 Å². The zero-order valence-electron chi connectivity index (χ0n) is 11.9. The standard InChI is InChI=1S/C15H19ClN2O2S/c1-10-15(19)18(13-6-8-21(20)9-7-13)14(17-10)11-2-4-12(16)5-3-11/h2-5,10,13-14,17H,6-9H2,1H3. The summed E-state index contributed by atoms with van der Waals surface area (Å²) in [5.74, 6) is 1.51. The van der Waals surface area contributed by atoms with Crippen LogP contribution in [0.1, 0.15) is 31.5 Å². The summed E-state index contributed by atoms with van der Waals surface area (Å²) in [7, 11) is -0.716. The van der Waals surface area contributed by atoms with E-state index in [-0.39, 0.29) is 24.2 Å². The molecule has 0 spiro atoms. The summed E-state index contributed by atoms with van der Waals surface area (Å²) in [5.41, 5.74) is 1.05. The molecule has 2 saturated heterocycles. The number of nitrogens with zero attached hydrogens (tertiary/aromatic N) is 1. The Morgan fingerprint density at radius 1 is 1.24 bits per heavy atom. The Morgan fingerprint density at radius 2 is 1.86 bits per heavy atom. The van der Waals surface area contributed by atoms with Crippen molar-refractivity contribution in [2.24, 2.45) is 0 Å². The van der Waals surface area contributed by atoms with E-state index in [2.05, 4.69) is 5.32 Å². The molecule has 0 aliphatic carbocycles. The highest BCUT2D eigenvalue weighted by Crippen LogP contribution is 2.31. The van der Waals surface area contributed by atoms with Gasteiger partial charge in [-0.15, -0.1) is 0 Å². The van der Waals surface area contributed by atoms with Crippen LogP contribution in [0.5, 0.6) is 0 Å². The first-order chi connectivity index (χ1) is 10.1. The van der Waals surface area contributed by atoms with Crippen molar-refractivity contribution in [3.05, 3.63) is 34.9 Å². The van der Waals surface area contributed by atoms with Crippen LogP contribution in [-0.4, -0.2) is 38.6 Å². The van der Waals surface area contributed by atoms with E-state index >= 15 is 0 Å². The zero-order valence-corrected chi connectivity index (χ0v) is 13.5. The molecular weight excluding hydrogens is 308 g/mol. The highest BCUT2D eigenvalue weighted by atomic mass is 35.5. The predicted octanol–water partition coefficient (Wildman–Crippen LogP) is 2.07. The number of nitrogens with one attached hydrogen (secondary N) is 1. The molecule has 2 unspecified atom stereocenters. The molecule has 3 rings (SSSR count). The van der Waals surface area contributed by atoms with Gasteiger partial charge in [0, 0.05) is 33.4 Å². The number of carbonyl (C=O) groups excluding carboxylic acids is 1. The van der Waals surface area contributed by atoms with E-state index in [1.165, 1.54) is 0 Å². The minimum absolute atomic E-state index is 0.110. The second-order valence-electron chi connectivity index (χ2n) is 5.67. The van der Waals surface area contributed by atoms with Crippen molar-refractivity contribution in [3.8, 4) is 0 Å². The van der Waals surface area contributed by atoms with Gasteiger partial charge in [-0.2, -0.15) is 0 Å². The van der Waals surface area contributed by atoms with E-state index in [0.29, 0.717) is 16.5 Å². The molecule has 0 aromatic heterocycles. The minimum atomic E-state index is -0.716. The Hall–Kier alpha value is -0.910. The van der Waals surface area contributed by atoms with Crippen LogP contribution < -0.4 is 5.32 Å². The highest BCUT2D eigenvalue weighted by Gasteiger charge is 2.41. The van der Waals surface area contributed by atoms with E-state index in [0.717, 1.165) is 18.4 Å². The second-order valence-corrected chi connectivity index (χ2v) is 7.80. The second kappa shape index (κ2) is 6.07. The normalized spacial score (nSPS) is 33.4. The molecule has 21 heavy (non-hydrogen) atoms. The molecule has 1 amide bonds. The third kappa shape index (κ3) is 3.00. The van der Waals surface area contributed by atoms with Crippen molar-refractivity contribution < 1.29 is 9.00 Å². The van der Waals surface area contributed by atoms with Crippen molar-refractivity contribution in [2.75, 3.05) is 11.5 Å². The molecular formula is C15H19ClN2O2S. The van der Waals surface area contributed by atoms with Gasteiger partial charge in [-0.05, 0) is 37.5 Å². The third-order valence-electron chi connectivity index (χ3n) is 4.25. The highest BCUT2D eigenvalue weighted by molar-refractivity contribution is 7.85. The average molecular weight is 327 g/mol. The van der Waals surface area contributed by atoms with Crippen LogP contribution in [0.2, 0.25) is 5.02 Å². The predicted molar refractivity (Wildman–Crippen MR) is 84.5 cm³/mol. The SMILES string of the molecule is CC1NC(c2ccc(Cl)cc2)N(C2CCS(=O)CC2)C1=O. The Bertz CT molecular complexity index is 553. The number of carbonyl (C=O) groups is 1. The monoisotopic (exact) mass is 326 g/mol. The molecule has 1 aromatic carbocycles. The number of hydrogen-bond acceptors (Lipinski definition) is 3. The molecule has 6 heteroatoms. The molecule has 1 N–H and O–H groups in total. The van der Waals surface area contributed by atoms with Gasteiger partial charge >= 0.3 is 0 Å². The van der Waals surface area contributed by atoms with Crippen LogP contribution in [0.25, 0.3) is 0 Å². The fourth-order valence-electron chi connectivity index (χ4n) is 3.09. The summed E-state index contributed by atoms with van der Waals surface area (Å²) in [6.07, 6.45) is 1.52. The molecule has 2 fully saturated rings. The Balaban J connectivity index is 1.85. The van der Waals surface area contributed by atoms with Gasteiger partial charge < -0.3 is 4.90 Å². The van der Waals surface area contributed by atoms with Gasteiger partial charge in [-0.1, -0.05) is 23.7 Å². The molecule has 2 heterocycles. The largest absolute Gasteiger partial charge is 0.319 e. The fourth-order valence-corrected chi connectivity index (χ4v) is 4.49. The van der Waals surface area contributed by atoms with Crippen molar-refractivity contribution >= 4 is 28.3 Å². The summed E-state index contributed by atoms with van der Waals surface area (Å²) in [5, 5.41) is 4.05. The number of rotatable bonds is 2. The van der Waals surface area contributed by atoms with Crippen LogP contribution in [0.3, 0.4) is 0 Å². The topological polar surface area (TPSA) is 49.4 Å². The quantitative estimate of drug-likeness (QED) is 0.905. The van der Waals surface area contributed by atoms with Gasteiger partial charge in [-0.3, -0.25) is 14.3 Å². The lowest BCUT2D eigenvalue weighted by Crippen LogP contribution is -2.43. The molecule has 2 atom stereocenters. The van der Waals surface area contributed by atoms with Gasteiger partial charge in [0.2, 0.25) is 5.91 Å². The van der Waals surface area contributed by atoms with Crippen molar-refractivity contribution in [1.29, 1.82) is 0 Å². The van der Waals surface area contributed by atoms with Crippen LogP contribution in [0.15, 0.2) is 24.3 Å². The lowest BCUT2D eigenvalue weighted by Gasteiger charge is -2.35. The maximum atomic E-state index is 12.5. The summed E-state index contributed by atoms with van der Waals surface area (Å²) in [4.78, 5) is 14.4. The van der Waals surface area contributed by atoms with Gasteiger partial charge in [0.25, 0.3) is 0 Å². The third-order valence-corrected chi connectivity index (χ3v) is 5.88. The lowest BCUT2D eigenvalue weighted by molar-refractivity contribution is -0.132. The summed E-state index contributed by atoms with van der Waals surface area (Å²) >= 11 is 5.94. The average Bonchev–Trinajstić information content (AvgIpc) is 2.77. The van der Waals surface area contributed by atoms with E-state index in [9.17, 15) is 9.00 Å². The molecule has 0 bridgehead atoms. The van der Waals surface area contributed by atoms with Gasteiger partial charge in [0.05, 0.1) is 6.04 Å². The van der Waals surface area contributed by atoms with E-state index in [4.69, 9.17) is 11.6 Å². The summed E-state index contributed by atoms with van der Waals surface area (Å²) in [6.45, 7) is 1.90. The zero-order chi connectivity index (χ0) is 15.0. The Kier molecular flexibility index (Phi) is 4.33. The number of benzene rings is 1. The van der Waals surface area contributed by atoms with Gasteiger partial charge in [0.15, 0.2) is 0 Å². The maximum Gasteiger partial charge on any atom is 0.241 e. The maximum absolute atomic E-state index is 12.5. The molecule has 1 aromatic rings. The summed E-state index contributed by atoms with van der Waals surface area (Å²) in [6, 6.07) is 7.60. The first-order valence-electron chi connectivity index (χ1n) is 7.25. The first-order valence-corrected chi connectivity index (χ1v) is 9.11. The minimum Gasteiger partial charge on any atom is -0.319 e. The molecule has 0 saturated carbocycles. The fraction of sp³-hybridized carbons (Fsp3) is 0.533. The van der Waals surface area contributed by atoms with Gasteiger partial charge in [0.1, 0.15) is 6.17 Å². The van der Waals surface area contributed by atoms with Gasteiger partial charge in [-0.25, -0.2) is 0 Å². The van der Waals surface area contributed by atoms with Crippen molar-refractivity contribution in [2.45, 2.75) is 38.0 Å². The number of halogens is 1. The molecule has 4 nitrogen and oxygen atoms in total. The molecule has 114 valence electrons. The van der Waals surface area contributed by atoms with E-state index in [1.54, 1.807) is 0 Å². The van der Waals surface area contributed by atoms with Crippen LogP contribution in [-0.2, 0) is 15.6 Å². The molecule has 2 aliphatic heterocycles. The van der Waals surface area contributed by atoms with Crippen LogP contribution in [0.4, 0.5) is 0 Å². The molecule has 2 aliphatic rings. The van der Waals surface area contributed by atoms with E-state index < -0.39 is 10.8 Å². The first kappa shape index (κ1) is 15.0. The number of hydrogen-bond donors (Lipinski definition) is 1.